The van der Waals surface area contributed by atoms with E-state index in [0.717, 1.165) is 22.7 Å². The summed E-state index contributed by atoms with van der Waals surface area (Å²) in [5, 5.41) is 3.07. The Kier molecular flexibility index (Phi) is 5.88. The first-order valence-corrected chi connectivity index (χ1v) is 10.1. The number of para-hydroxylation sites is 2. The van der Waals surface area contributed by atoms with Crippen LogP contribution in [-0.4, -0.2) is 27.1 Å². The monoisotopic (exact) mass is 420 g/mol. The van der Waals surface area contributed by atoms with E-state index in [9.17, 15) is 9.59 Å². The van der Waals surface area contributed by atoms with Gasteiger partial charge in [-0.3, -0.25) is 9.36 Å². The van der Waals surface area contributed by atoms with E-state index in [1.54, 1.807) is 23.9 Å². The van der Waals surface area contributed by atoms with Crippen molar-refractivity contribution in [3.8, 4) is 5.75 Å². The lowest BCUT2D eigenvalue weighted by molar-refractivity contribution is -0.121. The highest BCUT2D eigenvalue weighted by atomic mass is 16.5. The third-order valence-corrected chi connectivity index (χ3v) is 5.23. The van der Waals surface area contributed by atoms with Gasteiger partial charge in [0.15, 0.2) is 5.58 Å². The molecule has 1 N–H and O–H groups in total. The van der Waals surface area contributed by atoms with Gasteiger partial charge in [-0.1, -0.05) is 24.3 Å². The quantitative estimate of drug-likeness (QED) is 0.473. The molecule has 1 atom stereocenters. The highest BCUT2D eigenvalue weighted by Gasteiger charge is 2.21. The maximum Gasteiger partial charge on any atom is 0.419 e. The van der Waals surface area contributed by atoms with Gasteiger partial charge >= 0.3 is 5.76 Å². The number of imidazole rings is 1. The van der Waals surface area contributed by atoms with Crippen molar-refractivity contribution in [3.05, 3.63) is 82.9 Å². The van der Waals surface area contributed by atoms with Crippen molar-refractivity contribution in [1.82, 2.24) is 19.4 Å². The molecule has 0 saturated carbocycles. The number of nitrogens with one attached hydrogen (secondary N) is 1. The standard InChI is InChI=1S/C23H24N4O4/c1-26-15-13-24-22(26)21(16-9-11-17(30-2)12-10-16)25-20(28)8-5-14-27-18-6-3-4-7-19(18)31-23(27)29/h3-4,6-7,9-13,15,21H,5,8,14H2,1-2H3,(H,25,28). The molecule has 0 aliphatic heterocycles. The number of carbonyl (C=O) groups is 1. The second kappa shape index (κ2) is 8.91. The Hall–Kier alpha value is -3.81. The van der Waals surface area contributed by atoms with E-state index in [2.05, 4.69) is 10.3 Å². The molecule has 1 amide bonds. The summed E-state index contributed by atoms with van der Waals surface area (Å²) in [5.41, 5.74) is 2.18. The molecule has 0 fully saturated rings. The fourth-order valence-electron chi connectivity index (χ4n) is 3.61. The van der Waals surface area contributed by atoms with Gasteiger partial charge in [-0.25, -0.2) is 9.78 Å². The number of ether oxygens (including phenoxy) is 1. The summed E-state index contributed by atoms with van der Waals surface area (Å²) < 4.78 is 13.9. The van der Waals surface area contributed by atoms with Gasteiger partial charge in [-0.15, -0.1) is 0 Å². The molecule has 2 heterocycles. The molecule has 0 radical (unpaired) electrons. The van der Waals surface area contributed by atoms with Gasteiger partial charge in [0.1, 0.15) is 17.6 Å². The molecule has 0 aliphatic carbocycles. The van der Waals surface area contributed by atoms with E-state index in [4.69, 9.17) is 9.15 Å². The molecule has 160 valence electrons. The molecule has 4 rings (SSSR count). The van der Waals surface area contributed by atoms with Crippen LogP contribution in [0.3, 0.4) is 0 Å². The average molecular weight is 420 g/mol. The molecular formula is C23H24N4O4. The maximum absolute atomic E-state index is 12.7. The number of carbonyl (C=O) groups excluding carboxylic acids is 1. The zero-order valence-electron chi connectivity index (χ0n) is 17.4. The highest BCUT2D eigenvalue weighted by Crippen LogP contribution is 2.23. The van der Waals surface area contributed by atoms with Gasteiger partial charge in [-0.05, 0) is 36.2 Å². The molecule has 2 aromatic carbocycles. The van der Waals surface area contributed by atoms with Crippen molar-refractivity contribution in [2.24, 2.45) is 7.05 Å². The second-order valence-corrected chi connectivity index (χ2v) is 7.26. The van der Waals surface area contributed by atoms with Gasteiger partial charge in [0.2, 0.25) is 5.91 Å². The normalized spacial score (nSPS) is 12.1. The van der Waals surface area contributed by atoms with Gasteiger partial charge in [-0.2, -0.15) is 0 Å². The van der Waals surface area contributed by atoms with Crippen LogP contribution < -0.4 is 15.8 Å². The Morgan fingerprint density at radius 2 is 1.97 bits per heavy atom. The minimum atomic E-state index is -0.411. The molecule has 8 nitrogen and oxygen atoms in total. The van der Waals surface area contributed by atoms with Gasteiger partial charge in [0.25, 0.3) is 0 Å². The lowest BCUT2D eigenvalue weighted by atomic mass is 10.1. The lowest BCUT2D eigenvalue weighted by Crippen LogP contribution is -2.31. The van der Waals surface area contributed by atoms with Crippen molar-refractivity contribution < 1.29 is 13.9 Å². The number of benzene rings is 2. The number of fused-ring (bicyclic) bond motifs is 1. The molecule has 0 spiro atoms. The highest BCUT2D eigenvalue weighted by molar-refractivity contribution is 5.77. The number of hydrogen-bond acceptors (Lipinski definition) is 5. The van der Waals surface area contributed by atoms with E-state index < -0.39 is 11.8 Å². The minimum Gasteiger partial charge on any atom is -0.497 e. The summed E-state index contributed by atoms with van der Waals surface area (Å²) in [7, 11) is 3.50. The Morgan fingerprint density at radius 3 is 2.68 bits per heavy atom. The summed E-state index contributed by atoms with van der Waals surface area (Å²) in [6.45, 7) is 0.402. The van der Waals surface area contributed by atoms with Gasteiger partial charge in [0, 0.05) is 32.4 Å². The van der Waals surface area contributed by atoms with Crippen molar-refractivity contribution >= 4 is 17.0 Å². The van der Waals surface area contributed by atoms with Crippen LogP contribution in [0.15, 0.2) is 70.1 Å². The molecule has 8 heteroatoms. The summed E-state index contributed by atoms with van der Waals surface area (Å²) >= 11 is 0. The first-order chi connectivity index (χ1) is 15.1. The fourth-order valence-corrected chi connectivity index (χ4v) is 3.61. The van der Waals surface area contributed by atoms with E-state index in [1.807, 2.05) is 60.3 Å². The van der Waals surface area contributed by atoms with Gasteiger partial charge in [0.05, 0.1) is 12.6 Å². The molecule has 4 aromatic rings. The fraction of sp³-hybridized carbons (Fsp3) is 0.261. The van der Waals surface area contributed by atoms with Crippen LogP contribution in [0.4, 0.5) is 0 Å². The minimum absolute atomic E-state index is 0.121. The number of hydrogen-bond donors (Lipinski definition) is 1. The number of aromatic nitrogens is 3. The smallest absolute Gasteiger partial charge is 0.419 e. The molecule has 1 unspecified atom stereocenters. The van der Waals surface area contributed by atoms with E-state index in [-0.39, 0.29) is 12.3 Å². The Bertz CT molecular complexity index is 1240. The molecule has 2 aromatic heterocycles. The summed E-state index contributed by atoms with van der Waals surface area (Å²) in [6, 6.07) is 14.4. The molecule has 0 saturated heterocycles. The third kappa shape index (κ3) is 4.37. The summed E-state index contributed by atoms with van der Waals surface area (Å²) in [5.74, 6) is 0.942. The number of aryl methyl sites for hydroxylation is 2. The summed E-state index contributed by atoms with van der Waals surface area (Å²) in [4.78, 5) is 29.3. The second-order valence-electron chi connectivity index (χ2n) is 7.26. The van der Waals surface area contributed by atoms with E-state index in [1.165, 1.54) is 0 Å². The number of rotatable bonds is 8. The number of amides is 1. The van der Waals surface area contributed by atoms with Crippen LogP contribution in [-0.2, 0) is 18.4 Å². The maximum atomic E-state index is 12.7. The van der Waals surface area contributed by atoms with E-state index in [0.29, 0.717) is 18.5 Å². The topological polar surface area (TPSA) is 91.3 Å². The number of methoxy groups -OCH3 is 1. The van der Waals surface area contributed by atoms with Crippen LogP contribution in [0.1, 0.15) is 30.3 Å². The van der Waals surface area contributed by atoms with Crippen LogP contribution in [0.2, 0.25) is 0 Å². The van der Waals surface area contributed by atoms with Crippen molar-refractivity contribution in [2.45, 2.75) is 25.4 Å². The predicted molar refractivity (Wildman–Crippen MR) is 116 cm³/mol. The Labute approximate surface area is 179 Å². The average Bonchev–Trinajstić information content (AvgIpc) is 3.34. The Morgan fingerprint density at radius 1 is 1.19 bits per heavy atom. The molecule has 31 heavy (non-hydrogen) atoms. The predicted octanol–water partition coefficient (Wildman–Crippen LogP) is 3.02. The third-order valence-electron chi connectivity index (χ3n) is 5.23. The Balaban J connectivity index is 1.45. The van der Waals surface area contributed by atoms with Crippen molar-refractivity contribution in [1.29, 1.82) is 0 Å². The van der Waals surface area contributed by atoms with Crippen molar-refractivity contribution in [2.75, 3.05) is 7.11 Å². The van der Waals surface area contributed by atoms with Crippen LogP contribution >= 0.6 is 0 Å². The number of nitrogens with zero attached hydrogens (tertiary/aromatic N) is 3. The molecule has 0 aliphatic rings. The molecule has 0 bridgehead atoms. The zero-order chi connectivity index (χ0) is 21.8. The van der Waals surface area contributed by atoms with Gasteiger partial charge < -0.3 is 19.0 Å². The first kappa shape index (κ1) is 20.5. The molecular weight excluding hydrogens is 396 g/mol. The zero-order valence-corrected chi connectivity index (χ0v) is 17.4. The van der Waals surface area contributed by atoms with Crippen molar-refractivity contribution in [3.63, 3.8) is 0 Å². The van der Waals surface area contributed by atoms with Crippen LogP contribution in [0, 0.1) is 0 Å². The van der Waals surface area contributed by atoms with E-state index >= 15 is 0 Å². The summed E-state index contributed by atoms with van der Waals surface area (Å²) in [6.07, 6.45) is 4.32. The van der Waals surface area contributed by atoms with Crippen LogP contribution in [0.5, 0.6) is 5.75 Å². The lowest BCUT2D eigenvalue weighted by Gasteiger charge is -2.19. The largest absolute Gasteiger partial charge is 0.497 e. The number of oxazole rings is 1. The SMILES string of the molecule is COc1ccc(C(NC(=O)CCCn2c(=O)oc3ccccc32)c2nccn2C)cc1. The van der Waals surface area contributed by atoms with Crippen LogP contribution in [0.25, 0.3) is 11.1 Å². The first-order valence-electron chi connectivity index (χ1n) is 10.1.